The molecule has 198 valence electrons. The van der Waals surface area contributed by atoms with Gasteiger partial charge in [-0.15, -0.1) is 5.10 Å². The molecule has 0 N–H and O–H groups in total. The molecule has 1 aliphatic heterocycles. The molecule has 0 fully saturated rings. The monoisotopic (exact) mass is 523 g/mol. The molecular weight excluding hydrogens is 494 g/mol. The second-order valence-corrected chi connectivity index (χ2v) is 10.7. The number of rotatable bonds is 6. The molecule has 2 aliphatic rings. The molecule has 0 radical (unpaired) electrons. The lowest BCUT2D eigenvalue weighted by molar-refractivity contribution is -0.118. The maximum Gasteiger partial charge on any atom is 0.228 e. The number of Topliss-reactive ketones (excluding diaryl/α,β-unsaturated/α-hetero) is 1. The third-order valence-electron chi connectivity index (χ3n) is 7.14. The van der Waals surface area contributed by atoms with Crippen molar-refractivity contribution in [3.63, 3.8) is 0 Å². The van der Waals surface area contributed by atoms with E-state index in [2.05, 4.69) is 29.1 Å². The SMILES string of the molecule is COc1ccc([C@H]2C3=C(CC(C)(C)CC3=O)Oc3ncn4nc(CO/N=C(\C)c5ccccc5)nc4c32)cc1. The summed E-state index contributed by atoms with van der Waals surface area (Å²) in [7, 11) is 1.63. The van der Waals surface area contributed by atoms with Crippen LogP contribution in [0.25, 0.3) is 5.65 Å². The summed E-state index contributed by atoms with van der Waals surface area (Å²) >= 11 is 0. The fraction of sp³-hybridized carbons (Fsp3) is 0.300. The predicted molar refractivity (Wildman–Crippen MR) is 145 cm³/mol. The summed E-state index contributed by atoms with van der Waals surface area (Å²) in [5.41, 5.74) is 4.39. The van der Waals surface area contributed by atoms with Crippen molar-refractivity contribution >= 4 is 17.1 Å². The fourth-order valence-corrected chi connectivity index (χ4v) is 5.30. The zero-order valence-electron chi connectivity index (χ0n) is 22.3. The number of carbonyl (C=O) groups is 1. The quantitative estimate of drug-likeness (QED) is 0.252. The van der Waals surface area contributed by atoms with Crippen LogP contribution in [0.5, 0.6) is 11.6 Å². The van der Waals surface area contributed by atoms with Crippen LogP contribution in [0.15, 0.2) is 77.4 Å². The number of carbonyl (C=O) groups excluding carboxylic acids is 1. The Kier molecular flexibility index (Phi) is 6.13. The Morgan fingerprint density at radius 2 is 1.90 bits per heavy atom. The van der Waals surface area contributed by atoms with E-state index >= 15 is 0 Å². The molecule has 9 nitrogen and oxygen atoms in total. The summed E-state index contributed by atoms with van der Waals surface area (Å²) in [6.45, 7) is 6.13. The Hall–Kier alpha value is -4.53. The van der Waals surface area contributed by atoms with E-state index in [1.54, 1.807) is 18.0 Å². The van der Waals surface area contributed by atoms with Crippen LogP contribution in [-0.4, -0.2) is 38.2 Å². The summed E-state index contributed by atoms with van der Waals surface area (Å²) in [4.78, 5) is 28.5. The number of fused-ring (bicyclic) bond motifs is 3. The van der Waals surface area contributed by atoms with Crippen molar-refractivity contribution in [2.45, 2.75) is 46.1 Å². The highest BCUT2D eigenvalue weighted by Gasteiger charge is 2.44. The molecule has 39 heavy (non-hydrogen) atoms. The summed E-state index contributed by atoms with van der Waals surface area (Å²) in [5.74, 6) is 1.97. The second kappa shape index (κ2) is 9.65. The molecule has 3 heterocycles. The van der Waals surface area contributed by atoms with Crippen LogP contribution >= 0.6 is 0 Å². The first-order valence-electron chi connectivity index (χ1n) is 12.9. The van der Waals surface area contributed by atoms with Crippen molar-refractivity contribution in [2.24, 2.45) is 10.6 Å². The number of ether oxygens (including phenoxy) is 2. The fourth-order valence-electron chi connectivity index (χ4n) is 5.30. The van der Waals surface area contributed by atoms with Gasteiger partial charge in [0.25, 0.3) is 0 Å². The molecule has 1 atom stereocenters. The van der Waals surface area contributed by atoms with E-state index in [0.717, 1.165) is 22.6 Å². The van der Waals surface area contributed by atoms with Gasteiger partial charge in [0.2, 0.25) is 5.88 Å². The van der Waals surface area contributed by atoms with Gasteiger partial charge in [-0.25, -0.2) is 14.5 Å². The minimum Gasteiger partial charge on any atom is -0.497 e. The molecule has 0 unspecified atom stereocenters. The lowest BCUT2D eigenvalue weighted by Gasteiger charge is -2.37. The van der Waals surface area contributed by atoms with E-state index in [1.807, 2.05) is 61.5 Å². The number of ketones is 1. The highest BCUT2D eigenvalue weighted by atomic mass is 16.6. The molecule has 6 rings (SSSR count). The predicted octanol–water partition coefficient (Wildman–Crippen LogP) is 5.24. The number of methoxy groups -OCH3 is 1. The summed E-state index contributed by atoms with van der Waals surface area (Å²) in [6, 6.07) is 17.5. The van der Waals surface area contributed by atoms with Crippen LogP contribution in [0, 0.1) is 5.41 Å². The second-order valence-electron chi connectivity index (χ2n) is 10.7. The Morgan fingerprint density at radius 3 is 2.64 bits per heavy atom. The molecule has 4 aromatic rings. The first-order valence-corrected chi connectivity index (χ1v) is 12.9. The topological polar surface area (TPSA) is 100 Å². The maximum absolute atomic E-state index is 13.6. The van der Waals surface area contributed by atoms with Crippen LogP contribution in [0.2, 0.25) is 0 Å². The van der Waals surface area contributed by atoms with Crippen molar-refractivity contribution < 1.29 is 19.1 Å². The van der Waals surface area contributed by atoms with E-state index in [0.29, 0.717) is 47.1 Å². The molecule has 0 bridgehead atoms. The van der Waals surface area contributed by atoms with E-state index in [1.165, 1.54) is 0 Å². The van der Waals surface area contributed by atoms with Crippen LogP contribution in [-0.2, 0) is 16.2 Å². The van der Waals surface area contributed by atoms with E-state index < -0.39 is 5.92 Å². The number of hydrogen-bond acceptors (Lipinski definition) is 8. The third kappa shape index (κ3) is 4.65. The Balaban J connectivity index is 1.40. The first-order chi connectivity index (χ1) is 18.8. The van der Waals surface area contributed by atoms with Crippen LogP contribution < -0.4 is 9.47 Å². The molecule has 9 heteroatoms. The van der Waals surface area contributed by atoms with Crippen molar-refractivity contribution in [2.75, 3.05) is 7.11 Å². The van der Waals surface area contributed by atoms with Gasteiger partial charge >= 0.3 is 0 Å². The van der Waals surface area contributed by atoms with E-state index in [-0.39, 0.29) is 17.8 Å². The molecule has 2 aromatic carbocycles. The van der Waals surface area contributed by atoms with Crippen LogP contribution in [0.3, 0.4) is 0 Å². The average molecular weight is 524 g/mol. The highest BCUT2D eigenvalue weighted by molar-refractivity contribution is 6.00. The van der Waals surface area contributed by atoms with Gasteiger partial charge in [0.05, 0.1) is 18.4 Å². The summed E-state index contributed by atoms with van der Waals surface area (Å²) in [5, 5.41) is 8.79. The zero-order valence-corrected chi connectivity index (χ0v) is 22.3. The van der Waals surface area contributed by atoms with Crippen molar-refractivity contribution in [1.82, 2.24) is 19.6 Å². The largest absolute Gasteiger partial charge is 0.497 e. The zero-order chi connectivity index (χ0) is 27.1. The molecule has 0 spiro atoms. The lowest BCUT2D eigenvalue weighted by Crippen LogP contribution is -2.33. The molecular formula is C30H29N5O4. The smallest absolute Gasteiger partial charge is 0.228 e. The van der Waals surface area contributed by atoms with Crippen molar-refractivity contribution in [3.8, 4) is 11.6 Å². The van der Waals surface area contributed by atoms with Gasteiger partial charge in [-0.2, -0.15) is 0 Å². The summed E-state index contributed by atoms with van der Waals surface area (Å²) < 4.78 is 13.3. The standard InChI is InChI=1S/C30H29N5O4/c1-18(19-8-6-5-7-9-19)34-38-16-24-32-28-27-25(20-10-12-21(37-4)13-11-20)26-22(36)14-30(2,3)15-23(26)39-29(27)31-17-35(28)33-24/h5-13,17,25H,14-16H2,1-4H3/b34-18+/t25-/m0/s1. The molecule has 0 amide bonds. The van der Waals surface area contributed by atoms with Gasteiger partial charge in [-0.05, 0) is 35.6 Å². The Bertz CT molecular complexity index is 1620. The normalized spacial score (nSPS) is 18.4. The minimum absolute atomic E-state index is 0.0727. The Morgan fingerprint density at radius 1 is 1.13 bits per heavy atom. The first kappa shape index (κ1) is 24.8. The summed E-state index contributed by atoms with van der Waals surface area (Å²) in [6.07, 6.45) is 2.67. The number of oxime groups is 1. The van der Waals surface area contributed by atoms with E-state index in [4.69, 9.17) is 19.3 Å². The number of benzene rings is 2. The van der Waals surface area contributed by atoms with Crippen molar-refractivity contribution in [1.29, 1.82) is 0 Å². The van der Waals surface area contributed by atoms with Gasteiger partial charge in [0, 0.05) is 24.3 Å². The number of allylic oxidation sites excluding steroid dienone is 2. The minimum atomic E-state index is -0.397. The highest BCUT2D eigenvalue weighted by Crippen LogP contribution is 2.50. The van der Waals surface area contributed by atoms with Gasteiger partial charge < -0.3 is 14.3 Å². The molecule has 0 saturated carbocycles. The molecule has 0 saturated heterocycles. The number of nitrogens with zero attached hydrogens (tertiary/aromatic N) is 5. The van der Waals surface area contributed by atoms with Gasteiger partial charge in [0.15, 0.2) is 23.9 Å². The van der Waals surface area contributed by atoms with Crippen LogP contribution in [0.1, 0.15) is 62.0 Å². The average Bonchev–Trinajstić information content (AvgIpc) is 3.35. The van der Waals surface area contributed by atoms with Gasteiger partial charge in [0.1, 0.15) is 17.8 Å². The van der Waals surface area contributed by atoms with Crippen molar-refractivity contribution in [3.05, 3.63) is 94.8 Å². The van der Waals surface area contributed by atoms with E-state index in [9.17, 15) is 4.79 Å². The molecule has 2 aromatic heterocycles. The molecule has 1 aliphatic carbocycles. The number of hydrogen-bond donors (Lipinski definition) is 0. The van der Waals surface area contributed by atoms with Gasteiger partial charge in [-0.3, -0.25) is 4.79 Å². The number of aromatic nitrogens is 4. The third-order valence-corrected chi connectivity index (χ3v) is 7.14. The maximum atomic E-state index is 13.6. The Labute approximate surface area is 226 Å². The van der Waals surface area contributed by atoms with Gasteiger partial charge in [-0.1, -0.05) is 61.5 Å². The van der Waals surface area contributed by atoms with Crippen LogP contribution in [0.4, 0.5) is 0 Å². The lowest BCUT2D eigenvalue weighted by atomic mass is 9.70.